The van der Waals surface area contributed by atoms with Crippen molar-refractivity contribution in [3.05, 3.63) is 29.8 Å². The van der Waals surface area contributed by atoms with Gasteiger partial charge in [0.2, 0.25) is 0 Å². The first kappa shape index (κ1) is 16.0. The maximum atomic E-state index is 12.2. The number of nitrogens with two attached hydrogens (primary N) is 1. The minimum Gasteiger partial charge on any atom is -0.365 e. The fraction of sp³-hybridized carbons (Fsp3) is 0.588. The van der Waals surface area contributed by atoms with Crippen LogP contribution in [0.4, 0.5) is 5.69 Å². The van der Waals surface area contributed by atoms with Crippen molar-refractivity contribution in [1.29, 1.82) is 0 Å². The molecule has 1 aliphatic rings. The topological polar surface area (TPSA) is 64.3 Å². The Morgan fingerprint density at radius 3 is 3.00 bits per heavy atom. The first-order chi connectivity index (χ1) is 10.1. The highest BCUT2D eigenvalue weighted by Gasteiger charge is 2.24. The standard InChI is InChI=1S/C17H26N2O2/c1-12-5-3-8-16(9-12)21-13(2)17(20)19-15-7-4-6-14(10-15)11-18/h4,6-7,10,12-13,16H,3,5,8-9,11,18H2,1-2H3,(H,19,20). The van der Waals surface area contributed by atoms with Crippen molar-refractivity contribution >= 4 is 11.6 Å². The Hall–Kier alpha value is -1.39. The molecule has 1 aliphatic carbocycles. The zero-order valence-corrected chi connectivity index (χ0v) is 13.0. The van der Waals surface area contributed by atoms with Gasteiger partial charge in [-0.05, 0) is 43.4 Å². The van der Waals surface area contributed by atoms with Crippen molar-refractivity contribution in [3.8, 4) is 0 Å². The maximum Gasteiger partial charge on any atom is 0.253 e. The van der Waals surface area contributed by atoms with Crippen LogP contribution in [0.2, 0.25) is 0 Å². The Labute approximate surface area is 127 Å². The van der Waals surface area contributed by atoms with Crippen LogP contribution in [0.3, 0.4) is 0 Å². The Kier molecular flexibility index (Phi) is 5.76. The van der Waals surface area contributed by atoms with Crippen LogP contribution in [0.15, 0.2) is 24.3 Å². The normalized spacial score (nSPS) is 23.6. The lowest BCUT2D eigenvalue weighted by atomic mass is 9.88. The number of hydrogen-bond donors (Lipinski definition) is 2. The Morgan fingerprint density at radius 2 is 2.29 bits per heavy atom. The molecule has 4 nitrogen and oxygen atoms in total. The molecule has 3 unspecified atom stereocenters. The highest BCUT2D eigenvalue weighted by Crippen LogP contribution is 2.26. The summed E-state index contributed by atoms with van der Waals surface area (Å²) in [6, 6.07) is 7.60. The fourth-order valence-electron chi connectivity index (χ4n) is 2.87. The molecule has 21 heavy (non-hydrogen) atoms. The van der Waals surface area contributed by atoms with Crippen LogP contribution in [0.25, 0.3) is 0 Å². The van der Waals surface area contributed by atoms with Gasteiger partial charge in [0.25, 0.3) is 5.91 Å². The number of nitrogens with one attached hydrogen (secondary N) is 1. The average molecular weight is 290 g/mol. The van der Waals surface area contributed by atoms with Crippen LogP contribution in [-0.2, 0) is 16.1 Å². The summed E-state index contributed by atoms with van der Waals surface area (Å²) in [7, 11) is 0. The van der Waals surface area contributed by atoms with Gasteiger partial charge in [0.1, 0.15) is 6.10 Å². The van der Waals surface area contributed by atoms with Crippen molar-refractivity contribution in [2.24, 2.45) is 11.7 Å². The van der Waals surface area contributed by atoms with Crippen LogP contribution < -0.4 is 11.1 Å². The Morgan fingerprint density at radius 1 is 1.48 bits per heavy atom. The minimum absolute atomic E-state index is 0.0950. The number of carbonyl (C=O) groups excluding carboxylic acids is 1. The number of benzene rings is 1. The van der Waals surface area contributed by atoms with Crippen molar-refractivity contribution in [1.82, 2.24) is 0 Å². The van der Waals surface area contributed by atoms with E-state index in [0.717, 1.165) is 24.1 Å². The largest absolute Gasteiger partial charge is 0.365 e. The molecule has 1 amide bonds. The number of carbonyl (C=O) groups is 1. The Balaban J connectivity index is 1.86. The van der Waals surface area contributed by atoms with Crippen LogP contribution in [-0.4, -0.2) is 18.1 Å². The van der Waals surface area contributed by atoms with Crippen molar-refractivity contribution in [2.75, 3.05) is 5.32 Å². The summed E-state index contributed by atoms with van der Waals surface area (Å²) in [6.07, 6.45) is 4.36. The van der Waals surface area contributed by atoms with Crippen molar-refractivity contribution in [3.63, 3.8) is 0 Å². The quantitative estimate of drug-likeness (QED) is 0.876. The lowest BCUT2D eigenvalue weighted by Crippen LogP contribution is -2.33. The highest BCUT2D eigenvalue weighted by atomic mass is 16.5. The lowest BCUT2D eigenvalue weighted by Gasteiger charge is -2.29. The van der Waals surface area contributed by atoms with Crippen LogP contribution in [0.1, 0.15) is 45.1 Å². The molecule has 0 heterocycles. The molecular formula is C17H26N2O2. The first-order valence-corrected chi connectivity index (χ1v) is 7.84. The van der Waals surface area contributed by atoms with E-state index in [-0.39, 0.29) is 12.0 Å². The van der Waals surface area contributed by atoms with Gasteiger partial charge >= 0.3 is 0 Å². The van der Waals surface area contributed by atoms with E-state index >= 15 is 0 Å². The predicted octanol–water partition coefficient (Wildman–Crippen LogP) is 3.07. The zero-order valence-electron chi connectivity index (χ0n) is 13.0. The summed E-state index contributed by atoms with van der Waals surface area (Å²) < 4.78 is 5.92. The van der Waals surface area contributed by atoms with Gasteiger partial charge in [-0.15, -0.1) is 0 Å². The second-order valence-corrected chi connectivity index (χ2v) is 6.07. The van der Waals surface area contributed by atoms with Gasteiger partial charge in [0.05, 0.1) is 6.10 Å². The van der Waals surface area contributed by atoms with Crippen molar-refractivity contribution in [2.45, 2.75) is 58.3 Å². The summed E-state index contributed by atoms with van der Waals surface area (Å²) in [5.41, 5.74) is 7.38. The summed E-state index contributed by atoms with van der Waals surface area (Å²) >= 11 is 0. The van der Waals surface area contributed by atoms with Crippen LogP contribution >= 0.6 is 0 Å². The number of rotatable bonds is 5. The molecule has 3 N–H and O–H groups in total. The third kappa shape index (κ3) is 4.83. The van der Waals surface area contributed by atoms with Gasteiger partial charge in [0.15, 0.2) is 0 Å². The average Bonchev–Trinajstić information content (AvgIpc) is 2.47. The molecule has 1 saturated carbocycles. The third-order valence-electron chi connectivity index (χ3n) is 4.08. The number of anilines is 1. The second kappa shape index (κ2) is 7.57. The molecule has 0 aromatic heterocycles. The van der Waals surface area contributed by atoms with E-state index in [1.54, 1.807) is 0 Å². The third-order valence-corrected chi connectivity index (χ3v) is 4.08. The summed E-state index contributed by atoms with van der Waals surface area (Å²) in [5, 5.41) is 2.90. The van der Waals surface area contributed by atoms with E-state index in [4.69, 9.17) is 10.5 Å². The van der Waals surface area contributed by atoms with E-state index in [0.29, 0.717) is 12.5 Å². The van der Waals surface area contributed by atoms with Gasteiger partial charge in [-0.2, -0.15) is 0 Å². The molecule has 3 atom stereocenters. The lowest BCUT2D eigenvalue weighted by molar-refractivity contribution is -0.131. The van der Waals surface area contributed by atoms with E-state index in [1.807, 2.05) is 31.2 Å². The molecule has 0 saturated heterocycles. The van der Waals surface area contributed by atoms with E-state index in [1.165, 1.54) is 12.8 Å². The maximum absolute atomic E-state index is 12.2. The van der Waals surface area contributed by atoms with Gasteiger partial charge in [-0.1, -0.05) is 31.9 Å². The SMILES string of the molecule is CC1CCCC(OC(C)C(=O)Nc2cccc(CN)c2)C1. The monoisotopic (exact) mass is 290 g/mol. The summed E-state index contributed by atoms with van der Waals surface area (Å²) in [6.45, 7) is 4.54. The Bertz CT molecular complexity index is 476. The molecule has 0 spiro atoms. The molecule has 0 aliphatic heterocycles. The zero-order chi connectivity index (χ0) is 15.2. The second-order valence-electron chi connectivity index (χ2n) is 6.07. The van der Waals surface area contributed by atoms with E-state index in [2.05, 4.69) is 12.2 Å². The number of hydrogen-bond acceptors (Lipinski definition) is 3. The van der Waals surface area contributed by atoms with Gasteiger partial charge in [0, 0.05) is 12.2 Å². The molecule has 1 aromatic rings. The predicted molar refractivity (Wildman–Crippen MR) is 84.9 cm³/mol. The molecule has 0 radical (unpaired) electrons. The smallest absolute Gasteiger partial charge is 0.253 e. The minimum atomic E-state index is -0.429. The molecular weight excluding hydrogens is 264 g/mol. The van der Waals surface area contributed by atoms with Crippen LogP contribution in [0.5, 0.6) is 0 Å². The number of amides is 1. The first-order valence-electron chi connectivity index (χ1n) is 7.84. The van der Waals surface area contributed by atoms with Crippen LogP contribution in [0, 0.1) is 5.92 Å². The molecule has 2 rings (SSSR count). The van der Waals surface area contributed by atoms with E-state index in [9.17, 15) is 4.79 Å². The van der Waals surface area contributed by atoms with E-state index < -0.39 is 6.10 Å². The molecule has 0 bridgehead atoms. The molecule has 116 valence electrons. The summed E-state index contributed by atoms with van der Waals surface area (Å²) in [5.74, 6) is 0.600. The number of ether oxygens (including phenoxy) is 1. The fourth-order valence-corrected chi connectivity index (χ4v) is 2.87. The summed E-state index contributed by atoms with van der Waals surface area (Å²) in [4.78, 5) is 12.2. The van der Waals surface area contributed by atoms with Gasteiger partial charge in [-0.25, -0.2) is 0 Å². The van der Waals surface area contributed by atoms with Gasteiger partial charge < -0.3 is 15.8 Å². The molecule has 1 fully saturated rings. The molecule has 4 heteroatoms. The highest BCUT2D eigenvalue weighted by molar-refractivity contribution is 5.93. The van der Waals surface area contributed by atoms with Crippen molar-refractivity contribution < 1.29 is 9.53 Å². The molecule has 1 aromatic carbocycles. The van der Waals surface area contributed by atoms with Gasteiger partial charge in [-0.3, -0.25) is 4.79 Å².